The van der Waals surface area contributed by atoms with Gasteiger partial charge < -0.3 is 45.4 Å². The average Bonchev–Trinajstić information content (AvgIpc) is 3.16. The van der Waals surface area contributed by atoms with Crippen LogP contribution >= 0.6 is 0 Å². The summed E-state index contributed by atoms with van der Waals surface area (Å²) in [6, 6.07) is -0.991. The minimum Gasteiger partial charge on any atom is -0.394 e. The lowest BCUT2D eigenvalue weighted by Crippen LogP contribution is -2.60. The van der Waals surface area contributed by atoms with Crippen LogP contribution in [-0.4, -0.2) is 98.7 Å². The van der Waals surface area contributed by atoms with Crippen molar-refractivity contribution in [2.45, 2.75) is 230 Å². The second-order valence-corrected chi connectivity index (χ2v) is 15.3. The molecule has 0 bridgehead atoms. The molecule has 1 heterocycles. The van der Waals surface area contributed by atoms with Crippen molar-refractivity contribution in [2.75, 3.05) is 13.2 Å². The molecule has 0 aliphatic carbocycles. The molecule has 1 rings (SSSR count). The van der Waals surface area contributed by atoms with Crippen LogP contribution in [0.5, 0.6) is 0 Å². The molecule has 8 atom stereocenters. The summed E-state index contributed by atoms with van der Waals surface area (Å²) >= 11 is 0. The van der Waals surface area contributed by atoms with Crippen molar-refractivity contribution in [1.82, 2.24) is 5.32 Å². The molecule has 0 radical (unpaired) electrons. The van der Waals surface area contributed by atoms with Crippen LogP contribution in [0.4, 0.5) is 0 Å². The van der Waals surface area contributed by atoms with Crippen LogP contribution in [0.2, 0.25) is 0 Å². The van der Waals surface area contributed by atoms with Crippen LogP contribution in [0, 0.1) is 0 Å². The summed E-state index contributed by atoms with van der Waals surface area (Å²) in [5.74, 6) is -0.627. The Morgan fingerprint density at radius 2 is 1.11 bits per heavy atom. The number of aliphatic hydroxyl groups excluding tert-OH is 6. The second-order valence-electron chi connectivity index (χ2n) is 15.3. The molecule has 8 unspecified atom stereocenters. The molecule has 1 amide bonds. The van der Waals surface area contributed by atoms with Gasteiger partial charge in [-0.15, -0.1) is 0 Å². The number of rotatable bonds is 35. The predicted octanol–water partition coefficient (Wildman–Crippen LogP) is 7.30. The highest BCUT2D eigenvalue weighted by atomic mass is 16.7. The molecule has 0 aromatic carbocycles. The minimum atomic E-state index is -1.61. The molecule has 7 N–H and O–H groups in total. The van der Waals surface area contributed by atoms with E-state index in [1.165, 1.54) is 116 Å². The van der Waals surface area contributed by atoms with Crippen LogP contribution in [0.15, 0.2) is 24.3 Å². The molecule has 0 aromatic heterocycles. The maximum absolute atomic E-state index is 13.0. The Morgan fingerprint density at radius 1 is 0.642 bits per heavy atom. The maximum Gasteiger partial charge on any atom is 0.249 e. The van der Waals surface area contributed by atoms with E-state index in [0.29, 0.717) is 19.3 Å². The summed E-state index contributed by atoms with van der Waals surface area (Å²) in [6.45, 7) is 3.55. The van der Waals surface area contributed by atoms with Gasteiger partial charge in [-0.2, -0.15) is 0 Å². The van der Waals surface area contributed by atoms with Crippen molar-refractivity contribution in [3.05, 3.63) is 24.3 Å². The molecule has 10 heteroatoms. The normalized spacial score (nSPS) is 22.5. The molecular weight excluding hydrogens is 674 g/mol. The molecule has 1 aliphatic heterocycles. The molecule has 0 saturated carbocycles. The van der Waals surface area contributed by atoms with Gasteiger partial charge in [0.15, 0.2) is 6.29 Å². The van der Waals surface area contributed by atoms with E-state index in [-0.39, 0.29) is 6.61 Å². The van der Waals surface area contributed by atoms with Crippen LogP contribution in [-0.2, 0) is 14.3 Å². The summed E-state index contributed by atoms with van der Waals surface area (Å²) in [4.78, 5) is 13.0. The lowest BCUT2D eigenvalue weighted by molar-refractivity contribution is -0.302. The van der Waals surface area contributed by atoms with Gasteiger partial charge in [0.1, 0.15) is 30.5 Å². The quantitative estimate of drug-likeness (QED) is 0.0259. The molecule has 1 saturated heterocycles. The highest BCUT2D eigenvalue weighted by molar-refractivity contribution is 5.80. The Kier molecular flexibility index (Phi) is 31.8. The Balaban J connectivity index is 2.43. The van der Waals surface area contributed by atoms with Gasteiger partial charge in [-0.25, -0.2) is 0 Å². The van der Waals surface area contributed by atoms with E-state index < -0.39 is 61.5 Å². The van der Waals surface area contributed by atoms with Crippen molar-refractivity contribution >= 4 is 5.91 Å². The van der Waals surface area contributed by atoms with Crippen LogP contribution in [0.3, 0.4) is 0 Å². The maximum atomic E-state index is 13.0. The summed E-state index contributed by atoms with van der Waals surface area (Å²) in [7, 11) is 0. The van der Waals surface area contributed by atoms with E-state index >= 15 is 0 Å². The molecule has 53 heavy (non-hydrogen) atoms. The van der Waals surface area contributed by atoms with Crippen molar-refractivity contribution in [3.8, 4) is 0 Å². The smallest absolute Gasteiger partial charge is 0.249 e. The molecule has 0 spiro atoms. The zero-order chi connectivity index (χ0) is 38.9. The summed E-state index contributed by atoms with van der Waals surface area (Å²) < 4.78 is 11.1. The number of allylic oxidation sites excluding steroid dienone is 3. The van der Waals surface area contributed by atoms with Crippen molar-refractivity contribution < 1.29 is 44.9 Å². The number of hydrogen-bond donors (Lipinski definition) is 7. The lowest BCUT2D eigenvalue weighted by atomic mass is 9.99. The van der Waals surface area contributed by atoms with E-state index in [9.17, 15) is 35.4 Å². The van der Waals surface area contributed by atoms with Gasteiger partial charge in [-0.3, -0.25) is 4.79 Å². The number of hydrogen-bond acceptors (Lipinski definition) is 9. The molecule has 10 nitrogen and oxygen atoms in total. The number of ether oxygens (including phenoxy) is 2. The number of carbonyl (C=O) groups is 1. The second kappa shape index (κ2) is 33.9. The summed E-state index contributed by atoms with van der Waals surface area (Å²) in [5, 5.41) is 64.4. The van der Waals surface area contributed by atoms with E-state index in [1.54, 1.807) is 6.08 Å². The highest BCUT2D eigenvalue weighted by Crippen LogP contribution is 2.22. The van der Waals surface area contributed by atoms with Crippen molar-refractivity contribution in [1.29, 1.82) is 0 Å². The van der Waals surface area contributed by atoms with Gasteiger partial charge in [-0.05, 0) is 32.1 Å². The van der Waals surface area contributed by atoms with Gasteiger partial charge in [0.25, 0.3) is 0 Å². The third-order valence-corrected chi connectivity index (χ3v) is 10.4. The fourth-order valence-electron chi connectivity index (χ4n) is 6.77. The standard InChI is InChI=1S/C43H81NO9/c1-3-5-7-9-11-13-15-16-17-18-19-20-22-24-26-28-30-32-37(47)42(51)44-35(34-52-43-41(50)40(49)39(48)38(33-45)53-43)36(46)31-29-27-25-23-21-14-12-10-8-6-4-2/h21,23,29,31,35-41,43,45-50H,3-20,22,24-28,30,32-34H2,1-2H3,(H,44,51)/b23-21+,31-29+. The number of amides is 1. The fraction of sp³-hybridized carbons (Fsp3) is 0.884. The minimum absolute atomic E-state index is 0.307. The molecule has 1 fully saturated rings. The van der Waals surface area contributed by atoms with Crippen LogP contribution in [0.25, 0.3) is 0 Å². The highest BCUT2D eigenvalue weighted by Gasteiger charge is 2.44. The lowest BCUT2D eigenvalue weighted by Gasteiger charge is -2.40. The molecule has 312 valence electrons. The Morgan fingerprint density at radius 3 is 1.64 bits per heavy atom. The first kappa shape index (κ1) is 49.6. The van der Waals surface area contributed by atoms with Gasteiger partial charge in [0.2, 0.25) is 5.91 Å². The SMILES string of the molecule is CCCCCCC/C=C/CC/C=C/C(O)C(COC1OC(CO)C(O)C(O)C1O)NC(=O)C(O)CCCCCCCCCCCCCCCCCCC. The first-order valence-electron chi connectivity index (χ1n) is 21.7. The predicted molar refractivity (Wildman–Crippen MR) is 213 cm³/mol. The Labute approximate surface area is 322 Å². The first-order valence-corrected chi connectivity index (χ1v) is 21.7. The van der Waals surface area contributed by atoms with Crippen molar-refractivity contribution in [3.63, 3.8) is 0 Å². The molecule has 1 aliphatic rings. The summed E-state index contributed by atoms with van der Waals surface area (Å²) in [6.07, 6.45) is 28.4. The van der Waals surface area contributed by atoms with Gasteiger partial charge in [-0.1, -0.05) is 173 Å². The molecule has 0 aromatic rings. The van der Waals surface area contributed by atoms with E-state index in [1.807, 2.05) is 6.08 Å². The molecular formula is C43H81NO9. The first-order chi connectivity index (χ1) is 25.8. The largest absolute Gasteiger partial charge is 0.394 e. The Hall–Kier alpha value is -1.37. The van der Waals surface area contributed by atoms with Gasteiger partial charge in [0.05, 0.1) is 25.4 Å². The zero-order valence-corrected chi connectivity index (χ0v) is 33.6. The summed E-state index contributed by atoms with van der Waals surface area (Å²) in [5.41, 5.74) is 0. The number of nitrogens with one attached hydrogen (secondary N) is 1. The van der Waals surface area contributed by atoms with E-state index in [2.05, 4.69) is 31.3 Å². The topological polar surface area (TPSA) is 169 Å². The van der Waals surface area contributed by atoms with Crippen molar-refractivity contribution in [2.24, 2.45) is 0 Å². The Bertz CT molecular complexity index is 901. The van der Waals surface area contributed by atoms with Crippen LogP contribution < -0.4 is 5.32 Å². The average molecular weight is 756 g/mol. The number of unbranched alkanes of at least 4 members (excludes halogenated alkanes) is 22. The van der Waals surface area contributed by atoms with E-state index in [4.69, 9.17) is 9.47 Å². The van der Waals surface area contributed by atoms with Gasteiger partial charge >= 0.3 is 0 Å². The number of aliphatic hydroxyl groups is 6. The van der Waals surface area contributed by atoms with Crippen LogP contribution in [0.1, 0.15) is 181 Å². The monoisotopic (exact) mass is 756 g/mol. The zero-order valence-electron chi connectivity index (χ0n) is 33.6. The fourth-order valence-corrected chi connectivity index (χ4v) is 6.77. The van der Waals surface area contributed by atoms with E-state index in [0.717, 1.165) is 32.1 Å². The third-order valence-electron chi connectivity index (χ3n) is 10.4. The third kappa shape index (κ3) is 24.7. The number of carbonyl (C=O) groups excluding carboxylic acids is 1. The van der Waals surface area contributed by atoms with Gasteiger partial charge in [0, 0.05) is 0 Å².